The van der Waals surface area contributed by atoms with Gasteiger partial charge in [0, 0.05) is 12.7 Å². The zero-order chi connectivity index (χ0) is 12.1. The van der Waals surface area contributed by atoms with Crippen LogP contribution in [0.1, 0.15) is 37.7 Å². The molecule has 0 unspecified atom stereocenters. The Labute approximate surface area is 104 Å². The van der Waals surface area contributed by atoms with Crippen LogP contribution in [0.5, 0.6) is 0 Å². The number of hydrogen-bond acceptors (Lipinski definition) is 3. The molecule has 1 fully saturated rings. The predicted molar refractivity (Wildman–Crippen MR) is 72.0 cm³/mol. The number of nitrogens with one attached hydrogen (secondary N) is 1. The van der Waals surface area contributed by atoms with Crippen LogP contribution >= 0.6 is 0 Å². The molecule has 0 aliphatic heterocycles. The van der Waals surface area contributed by atoms with E-state index in [9.17, 15) is 0 Å². The zero-order valence-electron chi connectivity index (χ0n) is 10.7. The topological polar surface area (TPSA) is 50.9 Å². The molecule has 1 aromatic rings. The van der Waals surface area contributed by atoms with E-state index in [4.69, 9.17) is 5.73 Å². The van der Waals surface area contributed by atoms with Crippen LogP contribution in [0.25, 0.3) is 0 Å². The second-order valence-electron chi connectivity index (χ2n) is 5.34. The van der Waals surface area contributed by atoms with E-state index in [1.165, 1.54) is 37.7 Å². The summed E-state index contributed by atoms with van der Waals surface area (Å²) in [4.78, 5) is 4.34. The highest BCUT2D eigenvalue weighted by Crippen LogP contribution is 2.35. The maximum Gasteiger partial charge on any atom is 0.126 e. The molecule has 1 saturated carbocycles. The summed E-state index contributed by atoms with van der Waals surface area (Å²) < 4.78 is 0. The summed E-state index contributed by atoms with van der Waals surface area (Å²) in [5.41, 5.74) is 7.51. The molecule has 1 aliphatic rings. The SMILES string of the molecule is Cc1ccnc(NCC2(CN)CCCCC2)c1. The number of nitrogens with zero attached hydrogens (tertiary/aromatic N) is 1. The van der Waals surface area contributed by atoms with Gasteiger partial charge in [0.2, 0.25) is 0 Å². The minimum atomic E-state index is 0.295. The first-order valence-electron chi connectivity index (χ1n) is 6.61. The number of pyridine rings is 1. The maximum absolute atomic E-state index is 5.97. The Morgan fingerprint density at radius 3 is 2.76 bits per heavy atom. The van der Waals surface area contributed by atoms with Crippen LogP contribution in [0.2, 0.25) is 0 Å². The van der Waals surface area contributed by atoms with Gasteiger partial charge in [-0.1, -0.05) is 19.3 Å². The van der Waals surface area contributed by atoms with Gasteiger partial charge in [0.05, 0.1) is 0 Å². The first-order chi connectivity index (χ1) is 8.24. The van der Waals surface area contributed by atoms with Crippen molar-refractivity contribution >= 4 is 5.82 Å². The highest BCUT2D eigenvalue weighted by molar-refractivity contribution is 5.37. The van der Waals surface area contributed by atoms with Crippen LogP contribution in [0.3, 0.4) is 0 Å². The third kappa shape index (κ3) is 3.19. The van der Waals surface area contributed by atoms with Gasteiger partial charge in [0.1, 0.15) is 5.82 Å². The summed E-state index contributed by atoms with van der Waals surface area (Å²) in [6, 6.07) is 4.11. The molecule has 1 aromatic heterocycles. The van der Waals surface area contributed by atoms with Crippen molar-refractivity contribution in [1.82, 2.24) is 4.98 Å². The van der Waals surface area contributed by atoms with Gasteiger partial charge in [0.25, 0.3) is 0 Å². The molecule has 0 bridgehead atoms. The van der Waals surface area contributed by atoms with Gasteiger partial charge in [-0.25, -0.2) is 4.98 Å². The van der Waals surface area contributed by atoms with Gasteiger partial charge in [0.15, 0.2) is 0 Å². The summed E-state index contributed by atoms with van der Waals surface area (Å²) in [5, 5.41) is 3.46. The van der Waals surface area contributed by atoms with Crippen molar-refractivity contribution in [2.75, 3.05) is 18.4 Å². The van der Waals surface area contributed by atoms with Crippen molar-refractivity contribution in [3.05, 3.63) is 23.9 Å². The van der Waals surface area contributed by atoms with Crippen molar-refractivity contribution in [2.24, 2.45) is 11.1 Å². The molecular weight excluding hydrogens is 210 g/mol. The molecule has 3 N–H and O–H groups in total. The van der Waals surface area contributed by atoms with Crippen LogP contribution in [-0.2, 0) is 0 Å². The first kappa shape index (κ1) is 12.4. The van der Waals surface area contributed by atoms with Gasteiger partial charge in [-0.3, -0.25) is 0 Å². The van der Waals surface area contributed by atoms with Crippen molar-refractivity contribution in [1.29, 1.82) is 0 Å². The van der Waals surface area contributed by atoms with Gasteiger partial charge in [-0.05, 0) is 49.4 Å². The molecule has 3 nitrogen and oxygen atoms in total. The van der Waals surface area contributed by atoms with E-state index >= 15 is 0 Å². The highest BCUT2D eigenvalue weighted by Gasteiger charge is 2.30. The second kappa shape index (κ2) is 5.50. The number of aromatic nitrogens is 1. The average Bonchev–Trinajstić information content (AvgIpc) is 2.38. The van der Waals surface area contributed by atoms with E-state index in [0.717, 1.165) is 18.9 Å². The molecule has 2 rings (SSSR count). The summed E-state index contributed by atoms with van der Waals surface area (Å²) in [6.45, 7) is 3.83. The lowest BCUT2D eigenvalue weighted by molar-refractivity contribution is 0.215. The number of aryl methyl sites for hydroxylation is 1. The minimum absolute atomic E-state index is 0.295. The molecule has 0 amide bonds. The second-order valence-corrected chi connectivity index (χ2v) is 5.34. The van der Waals surface area contributed by atoms with Gasteiger partial charge in [-0.15, -0.1) is 0 Å². The van der Waals surface area contributed by atoms with Gasteiger partial charge < -0.3 is 11.1 Å². The Morgan fingerprint density at radius 1 is 1.35 bits per heavy atom. The molecule has 3 heteroatoms. The molecule has 17 heavy (non-hydrogen) atoms. The molecule has 94 valence electrons. The van der Waals surface area contributed by atoms with E-state index in [2.05, 4.69) is 23.3 Å². The largest absolute Gasteiger partial charge is 0.369 e. The van der Waals surface area contributed by atoms with E-state index < -0.39 is 0 Å². The third-order valence-electron chi connectivity index (χ3n) is 3.91. The van der Waals surface area contributed by atoms with Gasteiger partial charge >= 0.3 is 0 Å². The van der Waals surface area contributed by atoms with Crippen molar-refractivity contribution < 1.29 is 0 Å². The first-order valence-corrected chi connectivity index (χ1v) is 6.61. The van der Waals surface area contributed by atoms with E-state index in [1.54, 1.807) is 0 Å². The molecule has 0 aromatic carbocycles. The number of anilines is 1. The maximum atomic E-state index is 5.97. The van der Waals surface area contributed by atoms with Crippen LogP contribution in [0, 0.1) is 12.3 Å². The Kier molecular flexibility index (Phi) is 4.00. The summed E-state index contributed by atoms with van der Waals surface area (Å²) in [5.74, 6) is 0.975. The fourth-order valence-electron chi connectivity index (χ4n) is 2.67. The normalized spacial score (nSPS) is 18.9. The van der Waals surface area contributed by atoms with Gasteiger partial charge in [-0.2, -0.15) is 0 Å². The van der Waals surface area contributed by atoms with Crippen LogP contribution in [0.15, 0.2) is 18.3 Å². The molecule has 0 atom stereocenters. The van der Waals surface area contributed by atoms with Crippen LogP contribution < -0.4 is 11.1 Å². The lowest BCUT2D eigenvalue weighted by atomic mass is 9.74. The number of rotatable bonds is 4. The Hall–Kier alpha value is -1.09. The number of nitrogens with two attached hydrogens (primary N) is 1. The fourth-order valence-corrected chi connectivity index (χ4v) is 2.67. The van der Waals surface area contributed by atoms with Crippen molar-refractivity contribution in [2.45, 2.75) is 39.0 Å². The molecule has 0 radical (unpaired) electrons. The van der Waals surface area contributed by atoms with E-state index in [-0.39, 0.29) is 0 Å². The smallest absolute Gasteiger partial charge is 0.126 e. The Bertz CT molecular complexity index is 356. The van der Waals surface area contributed by atoms with Crippen molar-refractivity contribution in [3.8, 4) is 0 Å². The standard InChI is InChI=1S/C14H23N3/c1-12-5-8-16-13(9-12)17-11-14(10-15)6-3-2-4-7-14/h5,8-9H,2-4,6-7,10-11,15H2,1H3,(H,16,17). The highest BCUT2D eigenvalue weighted by atomic mass is 15.0. The Balaban J connectivity index is 1.95. The minimum Gasteiger partial charge on any atom is -0.369 e. The molecule has 1 heterocycles. The average molecular weight is 233 g/mol. The van der Waals surface area contributed by atoms with Crippen LogP contribution in [-0.4, -0.2) is 18.1 Å². The summed E-state index contributed by atoms with van der Waals surface area (Å²) in [6.07, 6.45) is 8.36. The Morgan fingerprint density at radius 2 is 2.12 bits per heavy atom. The monoisotopic (exact) mass is 233 g/mol. The molecule has 0 saturated heterocycles. The lowest BCUT2D eigenvalue weighted by Gasteiger charge is -2.36. The lowest BCUT2D eigenvalue weighted by Crippen LogP contribution is -2.39. The summed E-state index contributed by atoms with van der Waals surface area (Å²) >= 11 is 0. The number of hydrogen-bond donors (Lipinski definition) is 2. The third-order valence-corrected chi connectivity index (χ3v) is 3.91. The molecule has 0 spiro atoms. The van der Waals surface area contributed by atoms with E-state index in [0.29, 0.717) is 5.41 Å². The predicted octanol–water partition coefficient (Wildman–Crippen LogP) is 2.71. The fraction of sp³-hybridized carbons (Fsp3) is 0.643. The van der Waals surface area contributed by atoms with Crippen molar-refractivity contribution in [3.63, 3.8) is 0 Å². The zero-order valence-corrected chi connectivity index (χ0v) is 10.7. The molecular formula is C14H23N3. The van der Waals surface area contributed by atoms with Crippen LogP contribution in [0.4, 0.5) is 5.82 Å². The van der Waals surface area contributed by atoms with E-state index in [1.807, 2.05) is 12.3 Å². The summed E-state index contributed by atoms with van der Waals surface area (Å²) in [7, 11) is 0. The quantitative estimate of drug-likeness (QED) is 0.840. The molecule has 1 aliphatic carbocycles.